The third-order valence-electron chi connectivity index (χ3n) is 5.15. The van der Waals surface area contributed by atoms with Gasteiger partial charge < -0.3 is 10.3 Å². The first kappa shape index (κ1) is 17.1. The second kappa shape index (κ2) is 6.11. The summed E-state index contributed by atoms with van der Waals surface area (Å²) < 4.78 is 0. The van der Waals surface area contributed by atoms with E-state index in [2.05, 4.69) is 21.2 Å². The molecule has 1 aromatic carbocycles. The zero-order chi connectivity index (χ0) is 19.2. The van der Waals surface area contributed by atoms with Crippen molar-refractivity contribution in [3.63, 3.8) is 0 Å². The second-order valence-corrected chi connectivity index (χ2v) is 7.05. The van der Waals surface area contributed by atoms with Crippen molar-refractivity contribution in [2.45, 2.75) is 25.3 Å². The zero-order valence-corrected chi connectivity index (χ0v) is 14.7. The highest BCUT2D eigenvalue weighted by molar-refractivity contribution is 6.10. The Balaban J connectivity index is 1.36. The van der Waals surface area contributed by atoms with Crippen molar-refractivity contribution in [3.8, 4) is 0 Å². The molecule has 2 aromatic rings. The molecule has 2 aliphatic rings. The number of urea groups is 1. The molecule has 4 rings (SSSR count). The lowest BCUT2D eigenvalue weighted by molar-refractivity contribution is -0.135. The van der Waals surface area contributed by atoms with Gasteiger partial charge in [0.25, 0.3) is 17.7 Å². The van der Waals surface area contributed by atoms with Crippen LogP contribution < -0.4 is 16.2 Å². The van der Waals surface area contributed by atoms with E-state index in [4.69, 9.17) is 0 Å². The maximum absolute atomic E-state index is 12.5. The molecule has 9 nitrogen and oxygen atoms in total. The fraction of sp³-hybridized carbons (Fsp3) is 0.333. The van der Waals surface area contributed by atoms with Gasteiger partial charge in [-0.3, -0.25) is 30.1 Å². The van der Waals surface area contributed by atoms with Gasteiger partial charge in [-0.05, 0) is 31.7 Å². The van der Waals surface area contributed by atoms with Gasteiger partial charge in [0.05, 0.1) is 5.56 Å². The van der Waals surface area contributed by atoms with Crippen LogP contribution >= 0.6 is 0 Å². The Morgan fingerprint density at radius 3 is 2.70 bits per heavy atom. The third-order valence-corrected chi connectivity index (χ3v) is 5.15. The molecule has 4 N–H and O–H groups in total. The van der Waals surface area contributed by atoms with E-state index in [0.717, 1.165) is 28.6 Å². The molecule has 2 heterocycles. The van der Waals surface area contributed by atoms with Crippen molar-refractivity contribution in [3.05, 3.63) is 36.0 Å². The highest BCUT2D eigenvalue weighted by Crippen LogP contribution is 2.42. The van der Waals surface area contributed by atoms with Crippen molar-refractivity contribution in [1.82, 2.24) is 26.1 Å². The molecule has 1 aliphatic heterocycles. The first-order valence-electron chi connectivity index (χ1n) is 8.69. The molecule has 1 unspecified atom stereocenters. The monoisotopic (exact) mass is 369 g/mol. The summed E-state index contributed by atoms with van der Waals surface area (Å²) in [5.74, 6) is -1.45. The van der Waals surface area contributed by atoms with Gasteiger partial charge in [0.15, 0.2) is 0 Å². The van der Waals surface area contributed by atoms with E-state index in [9.17, 15) is 19.2 Å². The van der Waals surface area contributed by atoms with E-state index in [1.54, 1.807) is 25.3 Å². The van der Waals surface area contributed by atoms with E-state index in [1.165, 1.54) is 0 Å². The van der Waals surface area contributed by atoms with E-state index >= 15 is 0 Å². The van der Waals surface area contributed by atoms with Gasteiger partial charge in [-0.25, -0.2) is 4.79 Å². The highest BCUT2D eigenvalue weighted by Gasteiger charge is 2.56. The maximum atomic E-state index is 12.5. The molecule has 1 aromatic heterocycles. The van der Waals surface area contributed by atoms with Crippen molar-refractivity contribution < 1.29 is 19.2 Å². The molecule has 27 heavy (non-hydrogen) atoms. The van der Waals surface area contributed by atoms with Crippen LogP contribution in [-0.4, -0.2) is 45.7 Å². The Hall–Kier alpha value is -3.36. The number of aromatic nitrogens is 1. The van der Waals surface area contributed by atoms with Crippen LogP contribution in [0.5, 0.6) is 0 Å². The predicted molar refractivity (Wildman–Crippen MR) is 95.3 cm³/mol. The van der Waals surface area contributed by atoms with Gasteiger partial charge in [-0.1, -0.05) is 18.2 Å². The lowest BCUT2D eigenvalue weighted by Crippen LogP contribution is -2.49. The maximum Gasteiger partial charge on any atom is 0.325 e. The van der Waals surface area contributed by atoms with Crippen molar-refractivity contribution >= 4 is 34.7 Å². The van der Waals surface area contributed by atoms with Crippen LogP contribution in [-0.2, 0) is 9.59 Å². The molecule has 0 radical (unpaired) electrons. The smallest absolute Gasteiger partial charge is 0.325 e. The van der Waals surface area contributed by atoms with Gasteiger partial charge >= 0.3 is 6.03 Å². The number of hydrogen-bond acceptors (Lipinski definition) is 4. The molecular formula is C18H19N5O4. The normalized spacial score (nSPS) is 22.0. The van der Waals surface area contributed by atoms with Crippen molar-refractivity contribution in [2.75, 3.05) is 6.54 Å². The number of benzene rings is 1. The van der Waals surface area contributed by atoms with E-state index < -0.39 is 35.8 Å². The topological polar surface area (TPSA) is 123 Å². The molecule has 0 bridgehead atoms. The number of carbonyl (C=O) groups is 4. The lowest BCUT2D eigenvalue weighted by Gasteiger charge is -2.20. The predicted octanol–water partition coefficient (Wildman–Crippen LogP) is 0.649. The quantitative estimate of drug-likeness (QED) is 0.467. The summed E-state index contributed by atoms with van der Waals surface area (Å²) in [6, 6.07) is 6.68. The molecular weight excluding hydrogens is 350 g/mol. The lowest BCUT2D eigenvalue weighted by atomic mass is 9.96. The number of nitrogens with zero attached hydrogens (tertiary/aromatic N) is 1. The number of hydrogen-bond donors (Lipinski definition) is 4. The number of H-pyrrole nitrogens is 1. The number of rotatable bonds is 4. The van der Waals surface area contributed by atoms with Crippen molar-refractivity contribution in [1.29, 1.82) is 0 Å². The van der Waals surface area contributed by atoms with Gasteiger partial charge in [-0.2, -0.15) is 0 Å². The van der Waals surface area contributed by atoms with Crippen LogP contribution in [0.4, 0.5) is 4.79 Å². The number of nitrogens with one attached hydrogen (secondary N) is 4. The standard InChI is InChI=1S/C18H19N5O4/c1-18(10-6-7-10)16(26)23(17(27)20-18)9-14(24)21-22-15(25)12-8-19-13-5-3-2-4-11(12)13/h2-5,8,10,19H,6-7,9H2,1H3,(H,20,27)(H,21,24)(H,22,25). The van der Waals surface area contributed by atoms with Crippen molar-refractivity contribution in [2.24, 2.45) is 5.92 Å². The minimum Gasteiger partial charge on any atom is -0.360 e. The van der Waals surface area contributed by atoms with Gasteiger partial charge in [0, 0.05) is 17.1 Å². The Bertz CT molecular complexity index is 964. The van der Waals surface area contributed by atoms with Crippen LogP contribution in [0.1, 0.15) is 30.1 Å². The molecule has 1 saturated heterocycles. The number of para-hydroxylation sites is 1. The minimum absolute atomic E-state index is 0.114. The number of imide groups is 1. The summed E-state index contributed by atoms with van der Waals surface area (Å²) in [7, 11) is 0. The molecule has 1 aliphatic carbocycles. The zero-order valence-electron chi connectivity index (χ0n) is 14.7. The minimum atomic E-state index is -0.940. The number of amides is 5. The van der Waals surface area contributed by atoms with E-state index in [0.29, 0.717) is 5.56 Å². The third kappa shape index (κ3) is 2.90. The summed E-state index contributed by atoms with van der Waals surface area (Å²) in [4.78, 5) is 52.8. The number of fused-ring (bicyclic) bond motifs is 1. The molecule has 1 saturated carbocycles. The second-order valence-electron chi connectivity index (χ2n) is 7.05. The summed E-state index contributed by atoms with van der Waals surface area (Å²) >= 11 is 0. The Kier molecular flexibility index (Phi) is 3.87. The Labute approximate surface area is 154 Å². The van der Waals surface area contributed by atoms with Gasteiger partial charge in [0.1, 0.15) is 12.1 Å². The molecule has 1 atom stereocenters. The molecule has 0 spiro atoms. The fourth-order valence-corrected chi connectivity index (χ4v) is 3.43. The first-order chi connectivity index (χ1) is 12.9. The first-order valence-corrected chi connectivity index (χ1v) is 8.69. The molecule has 5 amide bonds. The summed E-state index contributed by atoms with van der Waals surface area (Å²) in [6.07, 6.45) is 3.30. The fourth-order valence-electron chi connectivity index (χ4n) is 3.43. The van der Waals surface area contributed by atoms with Crippen LogP contribution in [0, 0.1) is 5.92 Å². The number of aromatic amines is 1. The van der Waals surface area contributed by atoms with Crippen LogP contribution in [0.15, 0.2) is 30.5 Å². The molecule has 9 heteroatoms. The van der Waals surface area contributed by atoms with Gasteiger partial charge in [0.2, 0.25) is 0 Å². The Morgan fingerprint density at radius 1 is 1.22 bits per heavy atom. The van der Waals surface area contributed by atoms with Crippen LogP contribution in [0.25, 0.3) is 10.9 Å². The Morgan fingerprint density at radius 2 is 1.96 bits per heavy atom. The van der Waals surface area contributed by atoms with Crippen LogP contribution in [0.3, 0.4) is 0 Å². The van der Waals surface area contributed by atoms with Gasteiger partial charge in [-0.15, -0.1) is 0 Å². The largest absolute Gasteiger partial charge is 0.360 e. The molecule has 140 valence electrons. The van der Waals surface area contributed by atoms with E-state index in [1.807, 2.05) is 12.1 Å². The van der Waals surface area contributed by atoms with E-state index in [-0.39, 0.29) is 5.92 Å². The highest BCUT2D eigenvalue weighted by atomic mass is 16.2. The van der Waals surface area contributed by atoms with Crippen LogP contribution in [0.2, 0.25) is 0 Å². The summed E-state index contributed by atoms with van der Waals surface area (Å²) in [6.45, 7) is 1.22. The molecule has 2 fully saturated rings. The summed E-state index contributed by atoms with van der Waals surface area (Å²) in [5, 5.41) is 3.39. The average molecular weight is 369 g/mol. The SMILES string of the molecule is CC1(C2CC2)NC(=O)N(CC(=O)NNC(=O)c2c[nH]c3ccccc23)C1=O. The number of hydrazine groups is 1. The average Bonchev–Trinajstić information content (AvgIpc) is 3.39. The number of carbonyl (C=O) groups excluding carboxylic acids is 4. The summed E-state index contributed by atoms with van der Waals surface area (Å²) in [5.41, 5.74) is 4.79.